The Morgan fingerprint density at radius 2 is 2.00 bits per heavy atom. The molecule has 0 aromatic carbocycles. The van der Waals surface area contributed by atoms with Crippen molar-refractivity contribution in [2.75, 3.05) is 26.2 Å². The number of nitrogens with one attached hydrogen (secondary N) is 1. The molecule has 1 aliphatic heterocycles. The molecule has 1 aliphatic rings. The predicted molar refractivity (Wildman–Crippen MR) is 36.8 cm³/mol. The minimum atomic E-state index is -1.26. The van der Waals surface area contributed by atoms with Crippen molar-refractivity contribution in [3.8, 4) is 0 Å². The van der Waals surface area contributed by atoms with Gasteiger partial charge in [-0.15, -0.1) is 9.44 Å². The molecule has 1 atom stereocenters. The lowest BCUT2D eigenvalue weighted by atomic mass is 10.4. The van der Waals surface area contributed by atoms with E-state index in [1.807, 2.05) is 0 Å². The summed E-state index contributed by atoms with van der Waals surface area (Å²) in [4.78, 5) is 0. The van der Waals surface area contributed by atoms with Crippen molar-refractivity contribution in [3.63, 3.8) is 0 Å². The number of hydrogen-bond acceptors (Lipinski definition) is 4. The van der Waals surface area contributed by atoms with Crippen molar-refractivity contribution in [2.45, 2.75) is 0 Å². The SMILES string of the molecule is N[S+]([O-])N1CCNCC1. The summed E-state index contributed by atoms with van der Waals surface area (Å²) >= 11 is -1.26. The molecule has 1 rings (SSSR count). The van der Waals surface area contributed by atoms with Gasteiger partial charge in [-0.3, -0.25) is 0 Å². The third-order valence-electron chi connectivity index (χ3n) is 1.33. The molecule has 0 aromatic rings. The highest BCUT2D eigenvalue weighted by atomic mass is 32.2. The molecular weight excluding hydrogens is 138 g/mol. The Balaban J connectivity index is 2.23. The van der Waals surface area contributed by atoms with Crippen molar-refractivity contribution < 1.29 is 4.55 Å². The van der Waals surface area contributed by atoms with Gasteiger partial charge in [-0.25, -0.2) is 0 Å². The van der Waals surface area contributed by atoms with Crippen LogP contribution in [0.25, 0.3) is 0 Å². The molecule has 0 amide bonds. The van der Waals surface area contributed by atoms with E-state index in [2.05, 4.69) is 5.32 Å². The van der Waals surface area contributed by atoms with Crippen LogP contribution in [0, 0.1) is 0 Å². The number of nitrogens with zero attached hydrogens (tertiary/aromatic N) is 1. The molecule has 0 saturated carbocycles. The Kier molecular flexibility index (Phi) is 2.74. The van der Waals surface area contributed by atoms with Gasteiger partial charge in [-0.05, 0) is 0 Å². The van der Waals surface area contributed by atoms with Crippen LogP contribution in [0.15, 0.2) is 0 Å². The van der Waals surface area contributed by atoms with E-state index in [1.54, 1.807) is 4.31 Å². The molecule has 54 valence electrons. The highest BCUT2D eigenvalue weighted by Crippen LogP contribution is 1.95. The van der Waals surface area contributed by atoms with E-state index in [0.29, 0.717) is 0 Å². The first kappa shape index (κ1) is 7.30. The Labute approximate surface area is 57.8 Å². The topological polar surface area (TPSA) is 64.3 Å². The molecule has 0 bridgehead atoms. The fraction of sp³-hybridized carbons (Fsp3) is 1.00. The molecule has 1 heterocycles. The van der Waals surface area contributed by atoms with Gasteiger partial charge in [0.05, 0.1) is 13.1 Å². The van der Waals surface area contributed by atoms with Crippen LogP contribution in [0.2, 0.25) is 0 Å². The number of nitrogens with two attached hydrogens (primary N) is 1. The second-order valence-corrected chi connectivity index (χ2v) is 3.02. The average Bonchev–Trinajstić information content (AvgIpc) is 1.90. The molecule has 0 radical (unpaired) electrons. The predicted octanol–water partition coefficient (Wildman–Crippen LogP) is -1.57. The average molecular weight is 149 g/mol. The van der Waals surface area contributed by atoms with E-state index in [-0.39, 0.29) is 0 Å². The molecule has 5 heteroatoms. The van der Waals surface area contributed by atoms with Gasteiger partial charge in [0, 0.05) is 13.1 Å². The zero-order valence-corrected chi connectivity index (χ0v) is 5.99. The van der Waals surface area contributed by atoms with Crippen LogP contribution in [0.5, 0.6) is 0 Å². The Morgan fingerprint density at radius 1 is 1.44 bits per heavy atom. The maximum atomic E-state index is 10.6. The van der Waals surface area contributed by atoms with Crippen molar-refractivity contribution in [2.24, 2.45) is 5.14 Å². The van der Waals surface area contributed by atoms with Crippen LogP contribution >= 0.6 is 0 Å². The quantitative estimate of drug-likeness (QED) is 0.442. The van der Waals surface area contributed by atoms with Gasteiger partial charge in [-0.1, -0.05) is 0 Å². The summed E-state index contributed by atoms with van der Waals surface area (Å²) in [5.41, 5.74) is 0. The van der Waals surface area contributed by atoms with Gasteiger partial charge >= 0.3 is 0 Å². The first-order valence-electron chi connectivity index (χ1n) is 2.92. The lowest BCUT2D eigenvalue weighted by Gasteiger charge is -2.24. The van der Waals surface area contributed by atoms with Crippen LogP contribution in [-0.4, -0.2) is 35.0 Å². The van der Waals surface area contributed by atoms with Gasteiger partial charge < -0.3 is 9.87 Å². The largest absolute Gasteiger partial charge is 0.579 e. The number of rotatable bonds is 1. The zero-order valence-electron chi connectivity index (χ0n) is 5.17. The summed E-state index contributed by atoms with van der Waals surface area (Å²) in [6.07, 6.45) is 0. The molecule has 0 spiro atoms. The van der Waals surface area contributed by atoms with Crippen LogP contribution in [0.1, 0.15) is 0 Å². The normalized spacial score (nSPS) is 26.0. The first-order valence-corrected chi connectivity index (χ1v) is 4.09. The lowest BCUT2D eigenvalue weighted by molar-refractivity contribution is 0.360. The molecular formula is C4H11N3OS. The first-order chi connectivity index (χ1) is 4.30. The van der Waals surface area contributed by atoms with Crippen molar-refractivity contribution >= 4 is 11.5 Å². The number of hydrogen-bond donors (Lipinski definition) is 2. The fourth-order valence-corrected chi connectivity index (χ4v) is 1.37. The Bertz CT molecular complexity index is 83.9. The summed E-state index contributed by atoms with van der Waals surface area (Å²) in [5, 5.41) is 8.28. The van der Waals surface area contributed by atoms with E-state index >= 15 is 0 Å². The fourth-order valence-electron chi connectivity index (χ4n) is 0.824. The van der Waals surface area contributed by atoms with Gasteiger partial charge in [0.2, 0.25) is 0 Å². The molecule has 4 nitrogen and oxygen atoms in total. The van der Waals surface area contributed by atoms with Crippen LogP contribution < -0.4 is 10.5 Å². The minimum absolute atomic E-state index is 0.795. The molecule has 0 aromatic heterocycles. The molecule has 1 saturated heterocycles. The van der Waals surface area contributed by atoms with E-state index in [0.717, 1.165) is 26.2 Å². The van der Waals surface area contributed by atoms with E-state index in [9.17, 15) is 4.55 Å². The molecule has 9 heavy (non-hydrogen) atoms. The van der Waals surface area contributed by atoms with Crippen molar-refractivity contribution in [1.82, 2.24) is 9.62 Å². The van der Waals surface area contributed by atoms with Crippen LogP contribution in [-0.2, 0) is 11.5 Å². The smallest absolute Gasteiger partial charge is 0.134 e. The standard InChI is InChI=1S/C4H11N3OS/c5-9(8)7-3-1-6-2-4-7/h6H,1-5H2. The van der Waals surface area contributed by atoms with Gasteiger partial charge in [0.1, 0.15) is 11.5 Å². The molecule has 1 unspecified atom stereocenters. The van der Waals surface area contributed by atoms with Crippen molar-refractivity contribution in [3.05, 3.63) is 0 Å². The Morgan fingerprint density at radius 3 is 2.33 bits per heavy atom. The lowest BCUT2D eigenvalue weighted by Crippen LogP contribution is -2.48. The van der Waals surface area contributed by atoms with Crippen molar-refractivity contribution in [1.29, 1.82) is 0 Å². The summed E-state index contributed by atoms with van der Waals surface area (Å²) in [7, 11) is 0. The minimum Gasteiger partial charge on any atom is -0.579 e. The monoisotopic (exact) mass is 149 g/mol. The second-order valence-electron chi connectivity index (χ2n) is 1.96. The van der Waals surface area contributed by atoms with Crippen LogP contribution in [0.4, 0.5) is 0 Å². The van der Waals surface area contributed by atoms with Gasteiger partial charge in [0.25, 0.3) is 0 Å². The molecule has 3 N–H and O–H groups in total. The summed E-state index contributed by atoms with van der Waals surface area (Å²) < 4.78 is 12.3. The van der Waals surface area contributed by atoms with E-state index in [4.69, 9.17) is 5.14 Å². The third kappa shape index (κ3) is 2.11. The van der Waals surface area contributed by atoms with Gasteiger partial charge in [-0.2, -0.15) is 0 Å². The van der Waals surface area contributed by atoms with E-state index in [1.165, 1.54) is 0 Å². The maximum Gasteiger partial charge on any atom is 0.134 e. The highest BCUT2D eigenvalue weighted by molar-refractivity contribution is 7.86. The van der Waals surface area contributed by atoms with Gasteiger partial charge in [0.15, 0.2) is 0 Å². The van der Waals surface area contributed by atoms with E-state index < -0.39 is 11.5 Å². The zero-order chi connectivity index (χ0) is 6.69. The maximum absolute atomic E-state index is 10.6. The summed E-state index contributed by atoms with van der Waals surface area (Å²) in [6.45, 7) is 3.37. The summed E-state index contributed by atoms with van der Waals surface area (Å²) in [6, 6.07) is 0. The number of piperazine rings is 1. The van der Waals surface area contributed by atoms with Crippen LogP contribution in [0.3, 0.4) is 0 Å². The third-order valence-corrected chi connectivity index (χ3v) is 2.20. The second kappa shape index (κ2) is 3.38. The molecule has 1 fully saturated rings. The Hall–Kier alpha value is 0.190. The highest BCUT2D eigenvalue weighted by Gasteiger charge is 2.17. The summed E-state index contributed by atoms with van der Waals surface area (Å²) in [5.74, 6) is 0. The molecule has 0 aliphatic carbocycles.